The van der Waals surface area contributed by atoms with Gasteiger partial charge in [0, 0.05) is 26.0 Å². The molecule has 0 spiro atoms. The molecular formula is C7H11N2+. The molecule has 0 radical (unpaired) electrons. The molecule has 9 heavy (non-hydrogen) atoms. The summed E-state index contributed by atoms with van der Waals surface area (Å²) in [7, 11) is 0. The fourth-order valence-electron chi connectivity index (χ4n) is 0.765. The lowest BCUT2D eigenvalue weighted by atomic mass is 10.3. The van der Waals surface area contributed by atoms with Gasteiger partial charge in [-0.1, -0.05) is 4.68 Å². The van der Waals surface area contributed by atoms with Gasteiger partial charge in [0.15, 0.2) is 0 Å². The molecule has 0 saturated heterocycles. The summed E-state index contributed by atoms with van der Waals surface area (Å²) < 4.78 is 1.67. The standard InChI is InChI=1S/C7H11N2/c1-6-4-3-5-7(2)9(6)8/h3-5H,8H2,1-2H3/q+1. The summed E-state index contributed by atoms with van der Waals surface area (Å²) in [5.74, 6) is 5.60. The number of pyridine rings is 1. The van der Waals surface area contributed by atoms with Gasteiger partial charge in [0.2, 0.25) is 11.4 Å². The molecule has 2 nitrogen and oxygen atoms in total. The zero-order valence-electron chi connectivity index (χ0n) is 5.76. The van der Waals surface area contributed by atoms with Crippen LogP contribution in [0.2, 0.25) is 0 Å². The van der Waals surface area contributed by atoms with Crippen molar-refractivity contribution in [2.24, 2.45) is 0 Å². The molecule has 0 fully saturated rings. The molecule has 0 aromatic carbocycles. The maximum absolute atomic E-state index is 5.60. The van der Waals surface area contributed by atoms with Crippen molar-refractivity contribution in [1.29, 1.82) is 0 Å². The summed E-state index contributed by atoms with van der Waals surface area (Å²) in [6.45, 7) is 3.96. The van der Waals surface area contributed by atoms with Crippen LogP contribution in [0.25, 0.3) is 0 Å². The van der Waals surface area contributed by atoms with Crippen molar-refractivity contribution >= 4 is 0 Å². The molecule has 0 atom stereocenters. The van der Waals surface area contributed by atoms with Gasteiger partial charge in [0.05, 0.1) is 0 Å². The smallest absolute Gasteiger partial charge is 0.205 e. The van der Waals surface area contributed by atoms with Crippen LogP contribution in [0.15, 0.2) is 18.2 Å². The van der Waals surface area contributed by atoms with Gasteiger partial charge in [-0.05, 0) is 6.07 Å². The summed E-state index contributed by atoms with van der Waals surface area (Å²) in [5.41, 5.74) is 2.16. The third kappa shape index (κ3) is 1.02. The monoisotopic (exact) mass is 123 g/mol. The molecule has 2 N–H and O–H groups in total. The Morgan fingerprint density at radius 2 is 1.67 bits per heavy atom. The van der Waals surface area contributed by atoms with Gasteiger partial charge in [-0.25, -0.2) is 5.84 Å². The fraction of sp³-hybridized carbons (Fsp3) is 0.286. The first-order valence-electron chi connectivity index (χ1n) is 2.95. The molecule has 0 aliphatic carbocycles. The molecule has 48 valence electrons. The van der Waals surface area contributed by atoms with Crippen LogP contribution in [0.4, 0.5) is 0 Å². The van der Waals surface area contributed by atoms with Crippen LogP contribution in [-0.4, -0.2) is 0 Å². The van der Waals surface area contributed by atoms with Crippen molar-refractivity contribution in [3.8, 4) is 0 Å². The predicted octanol–water partition coefficient (Wildman–Crippen LogP) is 0.305. The molecular weight excluding hydrogens is 112 g/mol. The van der Waals surface area contributed by atoms with E-state index in [4.69, 9.17) is 5.84 Å². The molecule has 1 aromatic heterocycles. The second-order valence-corrected chi connectivity index (χ2v) is 2.18. The van der Waals surface area contributed by atoms with E-state index >= 15 is 0 Å². The third-order valence-electron chi connectivity index (χ3n) is 1.43. The highest BCUT2D eigenvalue weighted by Crippen LogP contribution is 1.89. The number of rotatable bonds is 0. The lowest BCUT2D eigenvalue weighted by Gasteiger charge is -1.92. The van der Waals surface area contributed by atoms with Crippen LogP contribution >= 0.6 is 0 Å². The van der Waals surface area contributed by atoms with Gasteiger partial charge in [0.1, 0.15) is 0 Å². The van der Waals surface area contributed by atoms with Crippen LogP contribution in [0.1, 0.15) is 11.4 Å². The average Bonchev–Trinajstić information content (AvgIpc) is 1.83. The van der Waals surface area contributed by atoms with Crippen molar-refractivity contribution in [3.05, 3.63) is 29.6 Å². The number of nitrogen functional groups attached to an aromatic ring is 1. The zero-order chi connectivity index (χ0) is 6.85. The van der Waals surface area contributed by atoms with Crippen molar-refractivity contribution in [1.82, 2.24) is 0 Å². The Labute approximate surface area is 54.9 Å². The Morgan fingerprint density at radius 1 is 1.22 bits per heavy atom. The SMILES string of the molecule is Cc1cccc(C)[n+]1N. The maximum atomic E-state index is 5.60. The highest BCUT2D eigenvalue weighted by Gasteiger charge is 2.02. The van der Waals surface area contributed by atoms with Crippen molar-refractivity contribution < 1.29 is 4.68 Å². The molecule has 0 bridgehead atoms. The minimum Gasteiger partial charge on any atom is -0.205 e. The van der Waals surface area contributed by atoms with Crippen molar-refractivity contribution in [2.45, 2.75) is 13.8 Å². The van der Waals surface area contributed by atoms with Gasteiger partial charge >= 0.3 is 0 Å². The van der Waals surface area contributed by atoms with Crippen LogP contribution in [0, 0.1) is 13.8 Å². The number of aromatic nitrogens is 1. The topological polar surface area (TPSA) is 29.9 Å². The minimum absolute atomic E-state index is 1.08. The first-order valence-corrected chi connectivity index (χ1v) is 2.95. The van der Waals surface area contributed by atoms with E-state index in [2.05, 4.69) is 0 Å². The highest BCUT2D eigenvalue weighted by atomic mass is 15.3. The van der Waals surface area contributed by atoms with E-state index in [-0.39, 0.29) is 0 Å². The van der Waals surface area contributed by atoms with Gasteiger partial charge < -0.3 is 0 Å². The second-order valence-electron chi connectivity index (χ2n) is 2.18. The van der Waals surface area contributed by atoms with Crippen LogP contribution < -0.4 is 10.5 Å². The molecule has 1 rings (SSSR count). The van der Waals surface area contributed by atoms with Crippen molar-refractivity contribution in [2.75, 3.05) is 5.84 Å². The lowest BCUT2D eigenvalue weighted by Crippen LogP contribution is -2.49. The van der Waals surface area contributed by atoms with Crippen molar-refractivity contribution in [3.63, 3.8) is 0 Å². The Hall–Kier alpha value is -1.05. The first-order chi connectivity index (χ1) is 4.22. The highest BCUT2D eigenvalue weighted by molar-refractivity contribution is 5.00. The Balaban J connectivity index is 3.25. The quantitative estimate of drug-likeness (QED) is 0.390. The molecule has 2 heteroatoms. The number of nitrogens with two attached hydrogens (primary N) is 1. The number of nitrogens with zero attached hydrogens (tertiary/aromatic N) is 1. The molecule has 0 saturated carbocycles. The van der Waals surface area contributed by atoms with E-state index in [1.54, 1.807) is 4.68 Å². The predicted molar refractivity (Wildman–Crippen MR) is 36.3 cm³/mol. The van der Waals surface area contributed by atoms with Crippen LogP contribution in [0.5, 0.6) is 0 Å². The molecule has 0 amide bonds. The Kier molecular flexibility index (Phi) is 1.39. The van der Waals surface area contributed by atoms with E-state index in [0.29, 0.717) is 0 Å². The Bertz CT molecular complexity index is 198. The first kappa shape index (κ1) is 6.08. The number of hydrogen-bond donors (Lipinski definition) is 1. The van der Waals surface area contributed by atoms with Gasteiger partial charge in [-0.15, -0.1) is 0 Å². The van der Waals surface area contributed by atoms with E-state index in [9.17, 15) is 0 Å². The average molecular weight is 123 g/mol. The van der Waals surface area contributed by atoms with E-state index in [0.717, 1.165) is 11.4 Å². The molecule has 1 aromatic rings. The minimum atomic E-state index is 1.08. The fourth-order valence-corrected chi connectivity index (χ4v) is 0.765. The largest absolute Gasteiger partial charge is 0.208 e. The Morgan fingerprint density at radius 3 is 2.00 bits per heavy atom. The van der Waals surface area contributed by atoms with Gasteiger partial charge in [0.25, 0.3) is 0 Å². The summed E-state index contributed by atoms with van der Waals surface area (Å²) in [6, 6.07) is 5.95. The number of hydrogen-bond acceptors (Lipinski definition) is 1. The lowest BCUT2D eigenvalue weighted by molar-refractivity contribution is -0.651. The van der Waals surface area contributed by atoms with Crippen LogP contribution in [0.3, 0.4) is 0 Å². The second kappa shape index (κ2) is 2.05. The summed E-state index contributed by atoms with van der Waals surface area (Å²) in [6.07, 6.45) is 0. The van der Waals surface area contributed by atoms with Gasteiger partial charge in [-0.3, -0.25) is 0 Å². The van der Waals surface area contributed by atoms with Crippen LogP contribution in [-0.2, 0) is 0 Å². The molecule has 0 aliphatic heterocycles. The van der Waals surface area contributed by atoms with E-state index in [1.165, 1.54) is 0 Å². The molecule has 1 heterocycles. The summed E-state index contributed by atoms with van der Waals surface area (Å²) in [4.78, 5) is 0. The maximum Gasteiger partial charge on any atom is 0.208 e. The summed E-state index contributed by atoms with van der Waals surface area (Å²) in [5, 5.41) is 0. The third-order valence-corrected chi connectivity index (χ3v) is 1.43. The number of aryl methyl sites for hydroxylation is 2. The molecule has 0 aliphatic rings. The van der Waals surface area contributed by atoms with E-state index < -0.39 is 0 Å². The zero-order valence-corrected chi connectivity index (χ0v) is 5.76. The van der Waals surface area contributed by atoms with Gasteiger partial charge in [-0.2, -0.15) is 0 Å². The molecule has 0 unspecified atom stereocenters. The normalized spacial score (nSPS) is 9.56. The van der Waals surface area contributed by atoms with E-state index in [1.807, 2.05) is 32.0 Å². The summed E-state index contributed by atoms with van der Waals surface area (Å²) >= 11 is 0.